The number of fused-ring (bicyclic) bond motifs is 1. The number of amides is 2. The highest BCUT2D eigenvalue weighted by atomic mass is 16.5. The lowest BCUT2D eigenvalue weighted by Gasteiger charge is -2.29. The quantitative estimate of drug-likeness (QED) is 0.338. The normalized spacial score (nSPS) is 13.6. The minimum atomic E-state index is -1.16. The molecule has 4 aromatic rings. The van der Waals surface area contributed by atoms with Crippen LogP contribution in [0, 0.1) is 0 Å². The van der Waals surface area contributed by atoms with Gasteiger partial charge in [0.15, 0.2) is 0 Å². The molecule has 5 rings (SSSR count). The molecule has 0 aliphatic carbocycles. The van der Waals surface area contributed by atoms with E-state index in [1.54, 1.807) is 0 Å². The third-order valence-corrected chi connectivity index (χ3v) is 6.29. The maximum atomic E-state index is 13.4. The van der Waals surface area contributed by atoms with Gasteiger partial charge in [-0.05, 0) is 34.9 Å². The van der Waals surface area contributed by atoms with Crippen LogP contribution in [0.5, 0.6) is 0 Å². The highest BCUT2D eigenvalue weighted by molar-refractivity contribution is 6.22. The molecule has 4 aromatic carbocycles. The Morgan fingerprint density at radius 1 is 0.694 bits per heavy atom. The predicted octanol–water partition coefficient (Wildman–Crippen LogP) is 5.53. The Labute approximate surface area is 208 Å². The summed E-state index contributed by atoms with van der Waals surface area (Å²) in [6.07, 6.45) is -0.410. The second-order valence-electron chi connectivity index (χ2n) is 8.51. The number of ether oxygens (including phenoxy) is 1. The Hall–Kier alpha value is -4.55. The van der Waals surface area contributed by atoms with Crippen molar-refractivity contribution in [2.75, 3.05) is 6.61 Å². The van der Waals surface area contributed by atoms with E-state index >= 15 is 0 Å². The van der Waals surface area contributed by atoms with E-state index in [1.807, 2.05) is 91.0 Å². The Kier molecular flexibility index (Phi) is 6.43. The lowest BCUT2D eigenvalue weighted by atomic mass is 10.0. The van der Waals surface area contributed by atoms with Gasteiger partial charge in [-0.15, -0.1) is 0 Å². The van der Waals surface area contributed by atoms with Gasteiger partial charge >= 0.3 is 5.97 Å². The van der Waals surface area contributed by atoms with Gasteiger partial charge in [0, 0.05) is 0 Å². The van der Waals surface area contributed by atoms with Gasteiger partial charge in [0.25, 0.3) is 11.8 Å². The molecule has 1 heterocycles. The first kappa shape index (κ1) is 23.2. The fourth-order valence-corrected chi connectivity index (χ4v) is 4.50. The van der Waals surface area contributed by atoms with Gasteiger partial charge in [0.05, 0.1) is 29.3 Å². The largest absolute Gasteiger partial charge is 0.478 e. The summed E-state index contributed by atoms with van der Waals surface area (Å²) in [5, 5.41) is 9.35. The predicted molar refractivity (Wildman–Crippen MR) is 134 cm³/mol. The van der Waals surface area contributed by atoms with Crippen LogP contribution < -0.4 is 0 Å². The van der Waals surface area contributed by atoms with Gasteiger partial charge in [-0.25, -0.2) is 4.79 Å². The zero-order valence-corrected chi connectivity index (χ0v) is 19.3. The molecule has 2 amide bonds. The molecule has 178 valence electrons. The SMILES string of the molecule is O=C(O)c1ccc2c(c1)C(=O)N([C@H](COC(c1ccccc1)c1ccccc1)c1ccccc1)C2=O. The number of benzene rings is 4. The van der Waals surface area contributed by atoms with Gasteiger partial charge in [-0.2, -0.15) is 0 Å². The maximum Gasteiger partial charge on any atom is 0.335 e. The summed E-state index contributed by atoms with van der Waals surface area (Å²) < 4.78 is 6.46. The van der Waals surface area contributed by atoms with Gasteiger partial charge in [-0.3, -0.25) is 14.5 Å². The van der Waals surface area contributed by atoms with Crippen LogP contribution in [0.4, 0.5) is 0 Å². The van der Waals surface area contributed by atoms with Crippen LogP contribution in [-0.2, 0) is 4.74 Å². The van der Waals surface area contributed by atoms with Gasteiger partial charge in [-0.1, -0.05) is 91.0 Å². The van der Waals surface area contributed by atoms with Crippen molar-refractivity contribution in [2.45, 2.75) is 12.1 Å². The molecule has 0 spiro atoms. The number of hydrogen-bond acceptors (Lipinski definition) is 4. The van der Waals surface area contributed by atoms with E-state index in [2.05, 4.69) is 0 Å². The van der Waals surface area contributed by atoms with E-state index in [4.69, 9.17) is 4.74 Å². The molecule has 0 aromatic heterocycles. The Bertz CT molecular complexity index is 1360. The molecule has 6 heteroatoms. The summed E-state index contributed by atoms with van der Waals surface area (Å²) in [6.45, 7) is 0.0513. The number of nitrogens with zero attached hydrogens (tertiary/aromatic N) is 1. The first-order valence-electron chi connectivity index (χ1n) is 11.6. The third-order valence-electron chi connectivity index (χ3n) is 6.29. The number of imide groups is 1. The average Bonchev–Trinajstić information content (AvgIpc) is 3.17. The fourth-order valence-electron chi connectivity index (χ4n) is 4.50. The zero-order valence-electron chi connectivity index (χ0n) is 19.3. The Morgan fingerprint density at radius 2 is 1.19 bits per heavy atom. The molecular formula is C30H23NO5. The van der Waals surface area contributed by atoms with Gasteiger partial charge in [0.1, 0.15) is 6.10 Å². The van der Waals surface area contributed by atoms with E-state index in [9.17, 15) is 19.5 Å². The number of aromatic carboxylic acids is 1. The number of hydrogen-bond donors (Lipinski definition) is 1. The first-order chi connectivity index (χ1) is 17.5. The highest BCUT2D eigenvalue weighted by Crippen LogP contribution is 2.34. The molecule has 0 saturated heterocycles. The maximum absolute atomic E-state index is 13.4. The minimum Gasteiger partial charge on any atom is -0.478 e. The van der Waals surface area contributed by atoms with Crippen molar-refractivity contribution in [1.82, 2.24) is 4.90 Å². The van der Waals surface area contributed by atoms with Crippen molar-refractivity contribution < 1.29 is 24.2 Å². The standard InChI is InChI=1S/C30H23NO5/c32-28-24-17-16-23(30(34)35)18-25(24)29(33)31(28)26(20-10-4-1-5-11-20)19-36-27(21-12-6-2-7-13-21)22-14-8-3-9-15-22/h1-18,26-27H,19H2,(H,34,35)/t26-/m1/s1. The van der Waals surface area contributed by atoms with E-state index in [-0.39, 0.29) is 23.3 Å². The van der Waals surface area contributed by atoms with Gasteiger partial charge < -0.3 is 9.84 Å². The van der Waals surface area contributed by atoms with E-state index < -0.39 is 29.9 Å². The van der Waals surface area contributed by atoms with Crippen molar-refractivity contribution in [1.29, 1.82) is 0 Å². The Balaban J connectivity index is 1.50. The third kappa shape index (κ3) is 4.42. The lowest BCUT2D eigenvalue weighted by molar-refractivity contribution is 0.0230. The van der Waals surface area contributed by atoms with Crippen molar-refractivity contribution in [2.24, 2.45) is 0 Å². The topological polar surface area (TPSA) is 83.9 Å². The fraction of sp³-hybridized carbons (Fsp3) is 0.100. The molecule has 1 N–H and O–H groups in total. The van der Waals surface area contributed by atoms with Crippen LogP contribution in [0.15, 0.2) is 109 Å². The van der Waals surface area contributed by atoms with Crippen LogP contribution >= 0.6 is 0 Å². The van der Waals surface area contributed by atoms with Crippen LogP contribution in [0.2, 0.25) is 0 Å². The van der Waals surface area contributed by atoms with Crippen LogP contribution in [0.3, 0.4) is 0 Å². The van der Waals surface area contributed by atoms with E-state index in [0.717, 1.165) is 16.7 Å². The van der Waals surface area contributed by atoms with Crippen LogP contribution in [0.1, 0.15) is 59.9 Å². The zero-order chi connectivity index (χ0) is 25.1. The highest BCUT2D eigenvalue weighted by Gasteiger charge is 2.41. The number of carboxylic acid groups (broad SMARTS) is 1. The monoisotopic (exact) mass is 477 g/mol. The smallest absolute Gasteiger partial charge is 0.335 e. The van der Waals surface area contributed by atoms with Crippen molar-refractivity contribution in [3.8, 4) is 0 Å². The summed E-state index contributed by atoms with van der Waals surface area (Å²) in [4.78, 5) is 39.5. The summed E-state index contributed by atoms with van der Waals surface area (Å²) in [7, 11) is 0. The van der Waals surface area contributed by atoms with E-state index in [1.165, 1.54) is 23.1 Å². The van der Waals surface area contributed by atoms with Gasteiger partial charge in [0.2, 0.25) is 0 Å². The molecule has 1 atom stereocenters. The summed E-state index contributed by atoms with van der Waals surface area (Å²) in [5.41, 5.74) is 2.87. The van der Waals surface area contributed by atoms with Crippen LogP contribution in [-0.4, -0.2) is 34.4 Å². The number of carbonyl (C=O) groups excluding carboxylic acids is 2. The van der Waals surface area contributed by atoms with E-state index in [0.29, 0.717) is 0 Å². The number of carboxylic acids is 1. The number of carbonyl (C=O) groups is 3. The molecule has 0 saturated carbocycles. The molecule has 1 aliphatic heterocycles. The average molecular weight is 478 g/mol. The number of rotatable bonds is 8. The Morgan fingerprint density at radius 3 is 1.72 bits per heavy atom. The van der Waals surface area contributed by atoms with Crippen LogP contribution in [0.25, 0.3) is 0 Å². The molecule has 1 aliphatic rings. The second kappa shape index (κ2) is 9.98. The lowest BCUT2D eigenvalue weighted by Crippen LogP contribution is -2.37. The summed E-state index contributed by atoms with van der Waals surface area (Å²) in [6, 6.07) is 32.1. The molecule has 36 heavy (non-hydrogen) atoms. The van der Waals surface area contributed by atoms with Crippen molar-refractivity contribution in [3.63, 3.8) is 0 Å². The summed E-state index contributed by atoms with van der Waals surface area (Å²) in [5.74, 6) is -2.17. The molecular weight excluding hydrogens is 454 g/mol. The second-order valence-corrected chi connectivity index (χ2v) is 8.51. The summed E-state index contributed by atoms with van der Waals surface area (Å²) >= 11 is 0. The molecule has 6 nitrogen and oxygen atoms in total. The molecule has 0 radical (unpaired) electrons. The van der Waals surface area contributed by atoms with Crippen molar-refractivity contribution in [3.05, 3.63) is 143 Å². The first-order valence-corrected chi connectivity index (χ1v) is 11.6. The van der Waals surface area contributed by atoms with Crippen molar-refractivity contribution >= 4 is 17.8 Å². The minimum absolute atomic E-state index is 0.0440. The molecule has 0 fully saturated rings. The molecule has 0 unspecified atom stereocenters. The molecule has 0 bridgehead atoms.